The predicted molar refractivity (Wildman–Crippen MR) is 67.3 cm³/mol. The van der Waals surface area contributed by atoms with Gasteiger partial charge in [0.25, 0.3) is 0 Å². The molecule has 0 saturated heterocycles. The first-order chi connectivity index (χ1) is 8.95. The Morgan fingerprint density at radius 2 is 1.58 bits per heavy atom. The lowest BCUT2D eigenvalue weighted by atomic mass is 9.96. The van der Waals surface area contributed by atoms with Crippen molar-refractivity contribution in [1.82, 2.24) is 0 Å². The van der Waals surface area contributed by atoms with Gasteiger partial charge in [0, 0.05) is 16.1 Å². The Kier molecular flexibility index (Phi) is 3.62. The van der Waals surface area contributed by atoms with Crippen LogP contribution in [0.5, 0.6) is 0 Å². The van der Waals surface area contributed by atoms with Gasteiger partial charge in [0.05, 0.1) is 5.56 Å². The van der Waals surface area contributed by atoms with Gasteiger partial charge in [0.1, 0.15) is 0 Å². The zero-order chi connectivity index (χ0) is 14.0. The lowest BCUT2D eigenvalue weighted by Gasteiger charge is -2.13. The molecule has 0 amide bonds. The van der Waals surface area contributed by atoms with Crippen LogP contribution in [-0.4, -0.2) is 6.29 Å². The van der Waals surface area contributed by atoms with E-state index >= 15 is 0 Å². The van der Waals surface area contributed by atoms with E-state index in [4.69, 9.17) is 11.6 Å². The molecule has 0 unspecified atom stereocenters. The second kappa shape index (κ2) is 5.05. The molecule has 2 aromatic carbocycles. The minimum atomic E-state index is -4.58. The molecular weight excluding hydrogens is 277 g/mol. The highest BCUT2D eigenvalue weighted by molar-refractivity contribution is 6.33. The summed E-state index contributed by atoms with van der Waals surface area (Å²) in [6, 6.07) is 10.0. The summed E-state index contributed by atoms with van der Waals surface area (Å²) < 4.78 is 38.5. The smallest absolute Gasteiger partial charge is 0.298 e. The average molecular weight is 285 g/mol. The number of carbonyl (C=O) groups excluding carboxylic acids is 1. The van der Waals surface area contributed by atoms with Gasteiger partial charge in [-0.1, -0.05) is 41.9 Å². The Labute approximate surface area is 112 Å². The number of benzene rings is 2. The van der Waals surface area contributed by atoms with E-state index in [0.717, 1.165) is 6.07 Å². The number of rotatable bonds is 2. The van der Waals surface area contributed by atoms with E-state index in [1.54, 1.807) is 24.3 Å². The highest BCUT2D eigenvalue weighted by Crippen LogP contribution is 2.37. The molecule has 2 rings (SSSR count). The number of hydrogen-bond acceptors (Lipinski definition) is 1. The topological polar surface area (TPSA) is 17.1 Å². The van der Waals surface area contributed by atoms with Gasteiger partial charge in [0.15, 0.2) is 6.29 Å². The first-order valence-electron chi connectivity index (χ1n) is 5.35. The van der Waals surface area contributed by atoms with Gasteiger partial charge in [0.2, 0.25) is 0 Å². The van der Waals surface area contributed by atoms with E-state index in [1.165, 1.54) is 12.1 Å². The summed E-state index contributed by atoms with van der Waals surface area (Å²) >= 11 is 5.96. The number of hydrogen-bond donors (Lipinski definition) is 0. The molecular formula is C14H8ClF3O. The highest BCUT2D eigenvalue weighted by atomic mass is 35.5. The quantitative estimate of drug-likeness (QED) is 0.721. The maximum absolute atomic E-state index is 12.8. The van der Waals surface area contributed by atoms with Crippen molar-refractivity contribution in [2.75, 3.05) is 0 Å². The molecule has 0 aliphatic rings. The van der Waals surface area contributed by atoms with Crippen LogP contribution in [0.25, 0.3) is 11.1 Å². The molecule has 0 radical (unpaired) electrons. The molecule has 0 fully saturated rings. The zero-order valence-corrected chi connectivity index (χ0v) is 10.3. The second-order valence-electron chi connectivity index (χ2n) is 3.86. The first kappa shape index (κ1) is 13.6. The third-order valence-electron chi connectivity index (χ3n) is 2.69. The van der Waals surface area contributed by atoms with Crippen molar-refractivity contribution in [1.29, 1.82) is 0 Å². The van der Waals surface area contributed by atoms with Crippen molar-refractivity contribution in [3.05, 3.63) is 58.6 Å². The lowest BCUT2D eigenvalue weighted by Crippen LogP contribution is -2.09. The Bertz CT molecular complexity index is 620. The van der Waals surface area contributed by atoms with E-state index in [9.17, 15) is 18.0 Å². The monoisotopic (exact) mass is 284 g/mol. The minimum absolute atomic E-state index is 0.176. The Morgan fingerprint density at radius 1 is 0.947 bits per heavy atom. The molecule has 0 spiro atoms. The van der Waals surface area contributed by atoms with Crippen molar-refractivity contribution in [3.8, 4) is 11.1 Å². The van der Waals surface area contributed by atoms with Crippen LogP contribution >= 0.6 is 11.6 Å². The molecule has 0 aromatic heterocycles. The summed E-state index contributed by atoms with van der Waals surface area (Å²) in [4.78, 5) is 11.0. The normalized spacial score (nSPS) is 11.4. The minimum Gasteiger partial charge on any atom is -0.298 e. The maximum Gasteiger partial charge on any atom is 0.417 e. The van der Waals surface area contributed by atoms with Crippen LogP contribution in [-0.2, 0) is 6.18 Å². The van der Waals surface area contributed by atoms with Gasteiger partial charge in [-0.15, -0.1) is 0 Å². The SMILES string of the molecule is O=Cc1c(-c2ccccc2Cl)cccc1C(F)(F)F. The summed E-state index contributed by atoms with van der Waals surface area (Å²) in [6.07, 6.45) is -4.37. The van der Waals surface area contributed by atoms with E-state index in [-0.39, 0.29) is 11.8 Å². The van der Waals surface area contributed by atoms with Gasteiger partial charge in [-0.3, -0.25) is 4.79 Å². The molecule has 0 aliphatic heterocycles. The molecule has 0 heterocycles. The molecule has 1 nitrogen and oxygen atoms in total. The number of halogens is 4. The van der Waals surface area contributed by atoms with Crippen LogP contribution in [0.15, 0.2) is 42.5 Å². The van der Waals surface area contributed by atoms with Gasteiger partial charge in [-0.2, -0.15) is 13.2 Å². The van der Waals surface area contributed by atoms with Crippen molar-refractivity contribution >= 4 is 17.9 Å². The summed E-state index contributed by atoms with van der Waals surface area (Å²) in [5, 5.41) is 0.296. The molecule has 98 valence electrons. The largest absolute Gasteiger partial charge is 0.417 e. The third-order valence-corrected chi connectivity index (χ3v) is 3.02. The van der Waals surface area contributed by atoms with Crippen molar-refractivity contribution in [2.24, 2.45) is 0 Å². The van der Waals surface area contributed by atoms with E-state index in [1.807, 2.05) is 0 Å². The molecule has 5 heteroatoms. The maximum atomic E-state index is 12.8. The Morgan fingerprint density at radius 3 is 2.16 bits per heavy atom. The van der Waals surface area contributed by atoms with Crippen molar-refractivity contribution in [2.45, 2.75) is 6.18 Å². The highest BCUT2D eigenvalue weighted by Gasteiger charge is 2.34. The molecule has 19 heavy (non-hydrogen) atoms. The van der Waals surface area contributed by atoms with Crippen LogP contribution in [0.3, 0.4) is 0 Å². The van der Waals surface area contributed by atoms with E-state index in [2.05, 4.69) is 0 Å². The van der Waals surface area contributed by atoms with Crippen LogP contribution in [0, 0.1) is 0 Å². The number of aldehydes is 1. The second-order valence-corrected chi connectivity index (χ2v) is 4.27. The van der Waals surface area contributed by atoms with Crippen LogP contribution < -0.4 is 0 Å². The Balaban J connectivity index is 2.73. The summed E-state index contributed by atoms with van der Waals surface area (Å²) in [5.41, 5.74) is -0.782. The zero-order valence-electron chi connectivity index (χ0n) is 9.54. The molecule has 0 bridgehead atoms. The van der Waals surface area contributed by atoms with Gasteiger partial charge in [-0.05, 0) is 17.7 Å². The average Bonchev–Trinajstić information content (AvgIpc) is 2.37. The molecule has 0 atom stereocenters. The van der Waals surface area contributed by atoms with Crippen molar-refractivity contribution in [3.63, 3.8) is 0 Å². The third kappa shape index (κ3) is 2.63. The fourth-order valence-corrected chi connectivity index (χ4v) is 2.09. The van der Waals surface area contributed by atoms with Crippen LogP contribution in [0.4, 0.5) is 13.2 Å². The summed E-state index contributed by atoms with van der Waals surface area (Å²) in [6.45, 7) is 0. The molecule has 0 aliphatic carbocycles. The van der Waals surface area contributed by atoms with Gasteiger partial charge < -0.3 is 0 Å². The summed E-state index contributed by atoms with van der Waals surface area (Å²) in [5.74, 6) is 0. The first-order valence-corrected chi connectivity index (χ1v) is 5.73. The summed E-state index contributed by atoms with van der Waals surface area (Å²) in [7, 11) is 0. The lowest BCUT2D eigenvalue weighted by molar-refractivity contribution is -0.137. The Hall–Kier alpha value is -1.81. The van der Waals surface area contributed by atoms with Crippen molar-refractivity contribution < 1.29 is 18.0 Å². The van der Waals surface area contributed by atoms with E-state index < -0.39 is 17.3 Å². The van der Waals surface area contributed by atoms with Crippen LogP contribution in [0.1, 0.15) is 15.9 Å². The van der Waals surface area contributed by atoms with Crippen LogP contribution in [0.2, 0.25) is 5.02 Å². The molecule has 0 saturated carbocycles. The molecule has 0 N–H and O–H groups in total. The van der Waals surface area contributed by atoms with Gasteiger partial charge in [-0.25, -0.2) is 0 Å². The van der Waals surface area contributed by atoms with Gasteiger partial charge >= 0.3 is 6.18 Å². The fourth-order valence-electron chi connectivity index (χ4n) is 1.85. The van der Waals surface area contributed by atoms with E-state index in [0.29, 0.717) is 10.6 Å². The fraction of sp³-hybridized carbons (Fsp3) is 0.0714. The predicted octanol–water partition coefficient (Wildman–Crippen LogP) is 4.84. The molecule has 2 aromatic rings. The standard InChI is InChI=1S/C14H8ClF3O/c15-13-7-2-1-4-10(13)9-5-3-6-12(11(9)8-19)14(16,17)18/h1-8H. The number of alkyl halides is 3. The number of carbonyl (C=O) groups is 1.